The molecule has 6 nitrogen and oxygen atoms in total. The van der Waals surface area contributed by atoms with Crippen LogP contribution in [0.2, 0.25) is 0 Å². The molecule has 3 rings (SSSR count). The van der Waals surface area contributed by atoms with E-state index in [1.54, 1.807) is 6.33 Å². The zero-order valence-electron chi connectivity index (χ0n) is 9.43. The Morgan fingerprint density at radius 2 is 2.25 bits per heavy atom. The van der Waals surface area contributed by atoms with Crippen LogP contribution in [0.15, 0.2) is 6.33 Å². The van der Waals surface area contributed by atoms with Crippen molar-refractivity contribution >= 4 is 0 Å². The van der Waals surface area contributed by atoms with Gasteiger partial charge in [-0.25, -0.2) is 0 Å². The van der Waals surface area contributed by atoms with E-state index in [-0.39, 0.29) is 0 Å². The van der Waals surface area contributed by atoms with Crippen LogP contribution in [-0.2, 0) is 27.1 Å². The summed E-state index contributed by atoms with van der Waals surface area (Å²) < 4.78 is 3.86. The van der Waals surface area contributed by atoms with Crippen molar-refractivity contribution in [2.24, 2.45) is 14.1 Å². The predicted octanol–water partition coefficient (Wildman–Crippen LogP) is -0.139. The van der Waals surface area contributed by atoms with Gasteiger partial charge >= 0.3 is 0 Å². The number of aromatic nitrogens is 5. The van der Waals surface area contributed by atoms with E-state index in [0.29, 0.717) is 0 Å². The average Bonchev–Trinajstić information content (AvgIpc) is 2.84. The average molecular weight is 218 g/mol. The molecule has 0 bridgehead atoms. The minimum absolute atomic E-state index is 0.834. The first-order chi connectivity index (χ1) is 7.77. The van der Waals surface area contributed by atoms with E-state index in [1.807, 2.05) is 23.3 Å². The Kier molecular flexibility index (Phi) is 2.03. The summed E-state index contributed by atoms with van der Waals surface area (Å²) in [7, 11) is 3.93. The minimum Gasteiger partial charge on any atom is -0.315 e. The van der Waals surface area contributed by atoms with Gasteiger partial charge in [-0.15, -0.1) is 10.2 Å². The second kappa shape index (κ2) is 3.41. The monoisotopic (exact) mass is 218 g/mol. The molecule has 0 amide bonds. The quantitative estimate of drug-likeness (QED) is 0.724. The molecule has 6 heteroatoms. The lowest BCUT2D eigenvalue weighted by Crippen LogP contribution is -2.24. The molecular formula is C10H14N6. The summed E-state index contributed by atoms with van der Waals surface area (Å²) in [6, 6.07) is 0. The highest BCUT2D eigenvalue weighted by atomic mass is 15.3. The molecule has 1 aliphatic heterocycles. The lowest BCUT2D eigenvalue weighted by Gasteiger charge is -2.13. The molecule has 0 atom stereocenters. The molecule has 2 aromatic rings. The zero-order chi connectivity index (χ0) is 11.1. The molecule has 0 aliphatic carbocycles. The Bertz CT molecular complexity index is 523. The fourth-order valence-electron chi connectivity index (χ4n) is 2.20. The molecule has 0 aromatic carbocycles. The Hall–Kier alpha value is -1.69. The number of hydrogen-bond donors (Lipinski definition) is 1. The van der Waals surface area contributed by atoms with Crippen LogP contribution in [0.5, 0.6) is 0 Å². The fourth-order valence-corrected chi connectivity index (χ4v) is 2.20. The lowest BCUT2D eigenvalue weighted by atomic mass is 10.1. The maximum absolute atomic E-state index is 4.55. The molecule has 0 spiro atoms. The summed E-state index contributed by atoms with van der Waals surface area (Å²) in [6.45, 7) is 1.89. The van der Waals surface area contributed by atoms with Gasteiger partial charge in [0.05, 0.1) is 0 Å². The minimum atomic E-state index is 0.834. The smallest absolute Gasteiger partial charge is 0.184 e. The van der Waals surface area contributed by atoms with E-state index in [0.717, 1.165) is 31.0 Å². The van der Waals surface area contributed by atoms with Gasteiger partial charge in [0.25, 0.3) is 0 Å². The molecule has 2 aromatic heterocycles. The maximum atomic E-state index is 4.55. The molecule has 0 saturated heterocycles. The van der Waals surface area contributed by atoms with E-state index in [4.69, 9.17) is 0 Å². The summed E-state index contributed by atoms with van der Waals surface area (Å²) in [5.41, 5.74) is 3.51. The number of hydrogen-bond acceptors (Lipinski definition) is 4. The van der Waals surface area contributed by atoms with Crippen LogP contribution in [0, 0.1) is 0 Å². The van der Waals surface area contributed by atoms with Gasteiger partial charge in [-0.1, -0.05) is 0 Å². The van der Waals surface area contributed by atoms with Crippen LogP contribution in [-0.4, -0.2) is 31.1 Å². The van der Waals surface area contributed by atoms with E-state index in [2.05, 4.69) is 20.6 Å². The lowest BCUT2D eigenvalue weighted by molar-refractivity contribution is 0.604. The number of nitrogens with zero attached hydrogens (tertiary/aromatic N) is 5. The highest BCUT2D eigenvalue weighted by Gasteiger charge is 2.22. The molecule has 3 heterocycles. The first kappa shape index (κ1) is 9.53. The van der Waals surface area contributed by atoms with Crippen LogP contribution < -0.4 is 5.32 Å². The first-order valence-electron chi connectivity index (χ1n) is 5.37. The van der Waals surface area contributed by atoms with Crippen molar-refractivity contribution in [3.63, 3.8) is 0 Å². The number of rotatable bonds is 1. The van der Waals surface area contributed by atoms with Gasteiger partial charge in [0.1, 0.15) is 12.0 Å². The molecular weight excluding hydrogens is 204 g/mol. The van der Waals surface area contributed by atoms with Crippen molar-refractivity contribution in [1.29, 1.82) is 0 Å². The molecule has 84 valence electrons. The highest BCUT2D eigenvalue weighted by molar-refractivity contribution is 5.57. The largest absolute Gasteiger partial charge is 0.315 e. The number of nitrogens with one attached hydrogen (secondary N) is 1. The van der Waals surface area contributed by atoms with E-state index >= 15 is 0 Å². The van der Waals surface area contributed by atoms with E-state index in [1.165, 1.54) is 11.3 Å². The standard InChI is InChI=1S/C10H14N6/c1-15-6-12-13-10(15)9-7-5-11-4-3-8(7)16(2)14-9/h6,11H,3-5H2,1-2H3. The number of fused-ring (bicyclic) bond motifs is 1. The van der Waals surface area contributed by atoms with Gasteiger partial charge in [0.2, 0.25) is 0 Å². The summed E-state index contributed by atoms with van der Waals surface area (Å²) in [5, 5.41) is 15.9. The predicted molar refractivity (Wildman–Crippen MR) is 58.6 cm³/mol. The van der Waals surface area contributed by atoms with Crippen LogP contribution in [0.25, 0.3) is 11.5 Å². The molecule has 16 heavy (non-hydrogen) atoms. The second-order valence-corrected chi connectivity index (χ2v) is 4.09. The Morgan fingerprint density at radius 1 is 1.38 bits per heavy atom. The molecule has 1 aliphatic rings. The Labute approximate surface area is 93.3 Å². The van der Waals surface area contributed by atoms with Gasteiger partial charge < -0.3 is 9.88 Å². The summed E-state index contributed by atoms with van der Waals surface area (Å²) in [5.74, 6) is 0.834. The van der Waals surface area contributed by atoms with Gasteiger partial charge in [-0.3, -0.25) is 4.68 Å². The van der Waals surface area contributed by atoms with Crippen molar-refractivity contribution in [3.05, 3.63) is 17.6 Å². The maximum Gasteiger partial charge on any atom is 0.184 e. The number of aryl methyl sites for hydroxylation is 2. The summed E-state index contributed by atoms with van der Waals surface area (Å²) in [6.07, 6.45) is 2.73. The third kappa shape index (κ3) is 1.26. The van der Waals surface area contributed by atoms with Crippen molar-refractivity contribution < 1.29 is 0 Å². The third-order valence-electron chi connectivity index (χ3n) is 3.04. The van der Waals surface area contributed by atoms with Gasteiger partial charge in [-0.05, 0) is 0 Å². The van der Waals surface area contributed by atoms with E-state index < -0.39 is 0 Å². The van der Waals surface area contributed by atoms with Crippen molar-refractivity contribution in [3.8, 4) is 11.5 Å². The zero-order valence-corrected chi connectivity index (χ0v) is 9.43. The van der Waals surface area contributed by atoms with Crippen LogP contribution >= 0.6 is 0 Å². The SMILES string of the molecule is Cn1cnnc1-c1nn(C)c2c1CNCC2. The first-order valence-corrected chi connectivity index (χ1v) is 5.37. The Morgan fingerprint density at radius 3 is 3.00 bits per heavy atom. The van der Waals surface area contributed by atoms with Crippen molar-refractivity contribution in [1.82, 2.24) is 29.9 Å². The molecule has 0 radical (unpaired) electrons. The molecule has 1 N–H and O–H groups in total. The van der Waals surface area contributed by atoms with Crippen molar-refractivity contribution in [2.75, 3.05) is 6.54 Å². The molecule has 0 fully saturated rings. The van der Waals surface area contributed by atoms with Crippen LogP contribution in [0.4, 0.5) is 0 Å². The normalized spacial score (nSPS) is 15.1. The summed E-state index contributed by atoms with van der Waals surface area (Å²) in [4.78, 5) is 0. The van der Waals surface area contributed by atoms with Gasteiger partial charge in [0.15, 0.2) is 5.82 Å². The Balaban J connectivity index is 2.18. The fraction of sp³-hybridized carbons (Fsp3) is 0.500. The van der Waals surface area contributed by atoms with Gasteiger partial charge in [-0.2, -0.15) is 5.10 Å². The second-order valence-electron chi connectivity index (χ2n) is 4.09. The van der Waals surface area contributed by atoms with Crippen molar-refractivity contribution in [2.45, 2.75) is 13.0 Å². The van der Waals surface area contributed by atoms with Crippen LogP contribution in [0.3, 0.4) is 0 Å². The topological polar surface area (TPSA) is 60.6 Å². The molecule has 0 unspecified atom stereocenters. The highest BCUT2D eigenvalue weighted by Crippen LogP contribution is 2.24. The third-order valence-corrected chi connectivity index (χ3v) is 3.04. The van der Waals surface area contributed by atoms with Gasteiger partial charge in [0, 0.05) is 44.9 Å². The summed E-state index contributed by atoms with van der Waals surface area (Å²) >= 11 is 0. The molecule has 0 saturated carbocycles. The van der Waals surface area contributed by atoms with E-state index in [9.17, 15) is 0 Å². The van der Waals surface area contributed by atoms with Crippen LogP contribution in [0.1, 0.15) is 11.3 Å².